The summed E-state index contributed by atoms with van der Waals surface area (Å²) in [5, 5.41) is 28.2. The second-order valence-electron chi connectivity index (χ2n) is 10.6. The summed E-state index contributed by atoms with van der Waals surface area (Å²) < 4.78 is 16.2. The summed E-state index contributed by atoms with van der Waals surface area (Å²) >= 11 is 0. The molecule has 2 aliphatic rings. The van der Waals surface area contributed by atoms with Crippen molar-refractivity contribution in [1.82, 2.24) is 39.6 Å². The highest BCUT2D eigenvalue weighted by Crippen LogP contribution is 2.37. The van der Waals surface area contributed by atoms with E-state index in [4.69, 9.17) is 19.6 Å². The Bertz CT molecular complexity index is 1530. The maximum absolute atomic E-state index is 10.1. The molecule has 11 heteroatoms. The first-order chi connectivity index (χ1) is 18.9. The van der Waals surface area contributed by atoms with Crippen LogP contribution in [0.2, 0.25) is 0 Å². The largest absolute Gasteiger partial charge is 0.476 e. The zero-order chi connectivity index (χ0) is 27.3. The Hall–Kier alpha value is -3.70. The highest BCUT2D eigenvalue weighted by molar-refractivity contribution is 5.92. The lowest BCUT2D eigenvalue weighted by atomic mass is 10.1. The summed E-state index contributed by atoms with van der Waals surface area (Å²) in [5.41, 5.74) is 6.09. The Morgan fingerprint density at radius 1 is 1.26 bits per heavy atom. The van der Waals surface area contributed by atoms with Gasteiger partial charge < -0.3 is 14.6 Å². The van der Waals surface area contributed by atoms with Crippen LogP contribution in [-0.2, 0) is 13.6 Å². The first kappa shape index (κ1) is 25.6. The Balaban J connectivity index is 1.56. The SMILES string of the molecule is CCOc1nn([C@@H](C)CO)c2c1/C=C/c1n[nH]c3cnc(cc13)-c1c(C)nn(C)c1OC[C@@H](C)N(C1CC1)C2. The number of nitrogens with one attached hydrogen (secondary N) is 1. The number of fused-ring (bicyclic) bond motifs is 4. The number of aliphatic hydroxyl groups is 1. The fourth-order valence-electron chi connectivity index (χ4n) is 5.45. The van der Waals surface area contributed by atoms with Gasteiger partial charge in [0.15, 0.2) is 0 Å². The van der Waals surface area contributed by atoms with E-state index >= 15 is 0 Å². The molecule has 2 atom stereocenters. The van der Waals surface area contributed by atoms with Crippen LogP contribution in [0.15, 0.2) is 12.3 Å². The van der Waals surface area contributed by atoms with Crippen molar-refractivity contribution in [3.05, 3.63) is 34.9 Å². The molecular weight excluding hydrogens is 496 g/mol. The second kappa shape index (κ2) is 10.1. The van der Waals surface area contributed by atoms with E-state index in [1.54, 1.807) is 10.9 Å². The summed E-state index contributed by atoms with van der Waals surface area (Å²) in [5.74, 6) is 1.26. The summed E-state index contributed by atoms with van der Waals surface area (Å²) in [6.45, 7) is 9.74. The van der Waals surface area contributed by atoms with E-state index in [2.05, 4.69) is 27.1 Å². The number of aromatic nitrogens is 7. The smallest absolute Gasteiger partial charge is 0.240 e. The van der Waals surface area contributed by atoms with Crippen LogP contribution in [0.25, 0.3) is 34.3 Å². The normalized spacial score (nSPS) is 19.7. The molecule has 4 aromatic heterocycles. The Labute approximate surface area is 227 Å². The van der Waals surface area contributed by atoms with Crippen LogP contribution >= 0.6 is 0 Å². The molecule has 0 radical (unpaired) electrons. The third kappa shape index (κ3) is 4.59. The molecular formula is C28H36N8O3. The molecule has 39 heavy (non-hydrogen) atoms. The van der Waals surface area contributed by atoms with Crippen molar-refractivity contribution in [2.45, 2.75) is 65.2 Å². The number of nitrogens with zero attached hydrogens (tertiary/aromatic N) is 7. The zero-order valence-corrected chi connectivity index (χ0v) is 23.2. The average Bonchev–Trinajstić information content (AvgIpc) is 3.51. The first-order valence-corrected chi connectivity index (χ1v) is 13.7. The minimum Gasteiger partial charge on any atom is -0.476 e. The number of rotatable bonds is 5. The van der Waals surface area contributed by atoms with Crippen molar-refractivity contribution in [2.75, 3.05) is 19.8 Å². The van der Waals surface area contributed by atoms with Gasteiger partial charge in [-0.15, -0.1) is 5.10 Å². The van der Waals surface area contributed by atoms with Gasteiger partial charge in [-0.1, -0.05) is 0 Å². The van der Waals surface area contributed by atoms with Crippen LogP contribution in [0.3, 0.4) is 0 Å². The molecule has 0 spiro atoms. The molecule has 4 aromatic rings. The van der Waals surface area contributed by atoms with Crippen LogP contribution in [0.1, 0.15) is 62.3 Å². The molecule has 1 aliphatic carbocycles. The lowest BCUT2D eigenvalue weighted by molar-refractivity contribution is 0.122. The van der Waals surface area contributed by atoms with E-state index in [0.29, 0.717) is 37.6 Å². The van der Waals surface area contributed by atoms with E-state index in [1.807, 2.05) is 50.7 Å². The molecule has 0 aromatic carbocycles. The number of ether oxygens (including phenoxy) is 2. The lowest BCUT2D eigenvalue weighted by Gasteiger charge is -2.30. The molecule has 206 valence electrons. The van der Waals surface area contributed by atoms with Crippen LogP contribution < -0.4 is 9.47 Å². The third-order valence-electron chi connectivity index (χ3n) is 7.67. The highest BCUT2D eigenvalue weighted by atomic mass is 16.5. The average molecular weight is 533 g/mol. The predicted molar refractivity (Wildman–Crippen MR) is 148 cm³/mol. The molecule has 0 amide bonds. The molecule has 0 unspecified atom stereocenters. The van der Waals surface area contributed by atoms with Gasteiger partial charge in [-0.2, -0.15) is 10.2 Å². The molecule has 5 heterocycles. The van der Waals surface area contributed by atoms with Crippen molar-refractivity contribution in [3.8, 4) is 23.0 Å². The van der Waals surface area contributed by atoms with Crippen LogP contribution in [0, 0.1) is 6.92 Å². The van der Waals surface area contributed by atoms with Gasteiger partial charge in [0.2, 0.25) is 11.8 Å². The summed E-state index contributed by atoms with van der Waals surface area (Å²) in [4.78, 5) is 7.21. The van der Waals surface area contributed by atoms with E-state index < -0.39 is 0 Å². The molecule has 1 aliphatic heterocycles. The van der Waals surface area contributed by atoms with Gasteiger partial charge in [-0.3, -0.25) is 19.7 Å². The van der Waals surface area contributed by atoms with E-state index in [0.717, 1.165) is 57.6 Å². The lowest BCUT2D eigenvalue weighted by Crippen LogP contribution is -2.39. The second-order valence-corrected chi connectivity index (χ2v) is 10.6. The minimum atomic E-state index is -0.198. The summed E-state index contributed by atoms with van der Waals surface area (Å²) in [7, 11) is 1.91. The van der Waals surface area contributed by atoms with Gasteiger partial charge in [0.05, 0.1) is 64.9 Å². The van der Waals surface area contributed by atoms with Gasteiger partial charge >= 0.3 is 0 Å². The molecule has 1 fully saturated rings. The number of hydrogen-bond donors (Lipinski definition) is 2. The third-order valence-corrected chi connectivity index (χ3v) is 7.67. The van der Waals surface area contributed by atoms with E-state index in [-0.39, 0.29) is 18.7 Å². The maximum Gasteiger partial charge on any atom is 0.240 e. The first-order valence-electron chi connectivity index (χ1n) is 13.7. The number of aliphatic hydroxyl groups excluding tert-OH is 1. The van der Waals surface area contributed by atoms with Gasteiger partial charge in [0, 0.05) is 31.1 Å². The minimum absolute atomic E-state index is 0.0199. The fourth-order valence-corrected chi connectivity index (χ4v) is 5.45. The summed E-state index contributed by atoms with van der Waals surface area (Å²) in [6.07, 6.45) is 8.13. The van der Waals surface area contributed by atoms with Crippen LogP contribution in [0.4, 0.5) is 0 Å². The predicted octanol–water partition coefficient (Wildman–Crippen LogP) is 3.73. The van der Waals surface area contributed by atoms with Crippen LogP contribution in [-0.4, -0.2) is 76.7 Å². The van der Waals surface area contributed by atoms with Crippen molar-refractivity contribution in [2.24, 2.45) is 7.05 Å². The summed E-state index contributed by atoms with van der Waals surface area (Å²) in [6, 6.07) is 2.43. The maximum atomic E-state index is 10.1. The quantitative estimate of drug-likeness (QED) is 0.399. The molecule has 2 N–H and O–H groups in total. The number of pyridine rings is 1. The number of hydrogen-bond acceptors (Lipinski definition) is 8. The monoisotopic (exact) mass is 532 g/mol. The van der Waals surface area contributed by atoms with Gasteiger partial charge in [-0.25, -0.2) is 4.68 Å². The molecule has 0 saturated heterocycles. The molecule has 6 rings (SSSR count). The van der Waals surface area contributed by atoms with Gasteiger partial charge in [0.1, 0.15) is 6.61 Å². The molecule has 2 bridgehead atoms. The Kier molecular flexibility index (Phi) is 6.64. The van der Waals surface area contributed by atoms with Crippen LogP contribution in [0.5, 0.6) is 11.8 Å². The fraction of sp³-hybridized carbons (Fsp3) is 0.500. The van der Waals surface area contributed by atoms with Gasteiger partial charge in [-0.05, 0) is 58.8 Å². The topological polar surface area (TPSA) is 119 Å². The van der Waals surface area contributed by atoms with Crippen molar-refractivity contribution >= 4 is 23.1 Å². The van der Waals surface area contributed by atoms with Crippen molar-refractivity contribution in [3.63, 3.8) is 0 Å². The number of H-pyrrole nitrogens is 1. The van der Waals surface area contributed by atoms with E-state index in [1.165, 1.54) is 0 Å². The molecule has 11 nitrogen and oxygen atoms in total. The molecule has 1 saturated carbocycles. The number of aryl methyl sites for hydroxylation is 2. The highest BCUT2D eigenvalue weighted by Gasteiger charge is 2.35. The van der Waals surface area contributed by atoms with E-state index in [9.17, 15) is 5.11 Å². The van der Waals surface area contributed by atoms with Crippen molar-refractivity contribution < 1.29 is 14.6 Å². The number of aromatic amines is 1. The zero-order valence-electron chi connectivity index (χ0n) is 23.2. The Morgan fingerprint density at radius 2 is 2.08 bits per heavy atom. The van der Waals surface area contributed by atoms with Gasteiger partial charge in [0.25, 0.3) is 0 Å². The van der Waals surface area contributed by atoms with Crippen molar-refractivity contribution in [1.29, 1.82) is 0 Å². The Morgan fingerprint density at radius 3 is 2.82 bits per heavy atom. The standard InChI is InChI=1S/C28H36N8O3/c1-6-38-27-20-9-10-22-21-11-23(29-12-24(21)31-30-22)26-18(4)32-34(5)28(26)39-15-17(3)35(19-7-8-19)13-25(20)36(33-27)16(2)14-37/h9-12,16-17,19,37H,6-8,13-15H2,1-5H3,(H,30,31)/b10-9+/t16-,17+/m0/s1.